The molecule has 2 N–H and O–H groups in total. The smallest absolute Gasteiger partial charge is 0.335 e. The van der Waals surface area contributed by atoms with E-state index in [0.29, 0.717) is 29.1 Å². The third-order valence-corrected chi connectivity index (χ3v) is 5.98. The number of methoxy groups -OCH3 is 1. The molecule has 8 nitrogen and oxygen atoms in total. The number of nitrogens with zero attached hydrogens (tertiary/aromatic N) is 4. The first-order valence-corrected chi connectivity index (χ1v) is 12.3. The molecule has 8 heteroatoms. The third kappa shape index (κ3) is 6.00. The van der Waals surface area contributed by atoms with Gasteiger partial charge in [0.05, 0.1) is 18.4 Å². The normalized spacial score (nSPS) is 14.9. The molecule has 1 unspecified atom stereocenters. The fourth-order valence-electron chi connectivity index (χ4n) is 4.22. The standard InChI is InChI=1S/C26H29N5O3.C2H6/c1-5-27-23-17(3)28-24(18-8-10-19(11-9-18)26(32)33)30-25(23)29-20-13-21(15-22(14-20)34-4)31-12-6-7-16(31)2;1-2/h5,8-11,13-16H,6-7,12H2,1-4H3,(H,32,33)(H,28,29,30);1-2H3. The molecule has 0 saturated carbocycles. The number of carboxylic acid groups (broad SMARTS) is 1. The summed E-state index contributed by atoms with van der Waals surface area (Å²) in [7, 11) is 1.66. The van der Waals surface area contributed by atoms with E-state index in [-0.39, 0.29) is 5.56 Å². The Morgan fingerprint density at radius 1 is 1.19 bits per heavy atom. The zero-order chi connectivity index (χ0) is 26.2. The van der Waals surface area contributed by atoms with Crippen LogP contribution in [0.15, 0.2) is 47.5 Å². The van der Waals surface area contributed by atoms with Crippen LogP contribution in [0.4, 0.5) is 22.9 Å². The van der Waals surface area contributed by atoms with Crippen molar-refractivity contribution in [2.75, 3.05) is 23.9 Å². The lowest BCUT2D eigenvalue weighted by atomic mass is 10.1. The molecule has 1 fully saturated rings. The number of aromatic nitrogens is 2. The van der Waals surface area contributed by atoms with Crippen LogP contribution in [0.2, 0.25) is 0 Å². The van der Waals surface area contributed by atoms with Crippen molar-refractivity contribution in [2.24, 2.45) is 4.99 Å². The molecule has 4 rings (SSSR count). The van der Waals surface area contributed by atoms with Crippen LogP contribution in [0, 0.1) is 6.92 Å². The second-order valence-electron chi connectivity index (χ2n) is 8.33. The van der Waals surface area contributed by atoms with Crippen LogP contribution in [0.5, 0.6) is 5.75 Å². The lowest BCUT2D eigenvalue weighted by Crippen LogP contribution is -2.26. The van der Waals surface area contributed by atoms with Crippen LogP contribution in [0.3, 0.4) is 0 Å². The number of rotatable bonds is 7. The van der Waals surface area contributed by atoms with E-state index in [1.54, 1.807) is 37.6 Å². The van der Waals surface area contributed by atoms with Gasteiger partial charge in [0.1, 0.15) is 11.4 Å². The van der Waals surface area contributed by atoms with Crippen molar-refractivity contribution in [3.05, 3.63) is 53.7 Å². The van der Waals surface area contributed by atoms with Gasteiger partial charge in [-0.05, 0) is 51.8 Å². The van der Waals surface area contributed by atoms with E-state index in [1.165, 1.54) is 12.8 Å². The molecule has 0 bridgehead atoms. The number of aliphatic imine (C=N–C) groups is 1. The van der Waals surface area contributed by atoms with Crippen LogP contribution in [-0.2, 0) is 0 Å². The van der Waals surface area contributed by atoms with E-state index >= 15 is 0 Å². The minimum absolute atomic E-state index is 0.214. The molecular formula is C28H35N5O3. The maximum Gasteiger partial charge on any atom is 0.335 e. The Balaban J connectivity index is 0.00000176. The third-order valence-electron chi connectivity index (χ3n) is 5.98. The van der Waals surface area contributed by atoms with Crippen molar-refractivity contribution in [1.82, 2.24) is 9.97 Å². The van der Waals surface area contributed by atoms with Crippen molar-refractivity contribution in [2.45, 2.75) is 53.5 Å². The summed E-state index contributed by atoms with van der Waals surface area (Å²) >= 11 is 0. The quantitative estimate of drug-likeness (QED) is 0.359. The fourth-order valence-corrected chi connectivity index (χ4v) is 4.22. The van der Waals surface area contributed by atoms with Gasteiger partial charge in [-0.15, -0.1) is 0 Å². The number of ether oxygens (including phenoxy) is 1. The second-order valence-corrected chi connectivity index (χ2v) is 8.33. The molecule has 1 aromatic heterocycles. The Hall–Kier alpha value is -3.94. The number of carboxylic acids is 1. The minimum atomic E-state index is -0.972. The molecule has 0 spiro atoms. The molecule has 190 valence electrons. The molecule has 1 atom stereocenters. The maximum absolute atomic E-state index is 11.2. The average molecular weight is 490 g/mol. The van der Waals surface area contributed by atoms with Gasteiger partial charge in [-0.2, -0.15) is 0 Å². The SMILES string of the molecule is CC.CC=Nc1c(C)nc(-c2ccc(C(=O)O)cc2)nc1Nc1cc(OC)cc(N2CCCC2C)c1. The van der Waals surface area contributed by atoms with E-state index in [1.807, 2.05) is 33.8 Å². The summed E-state index contributed by atoms with van der Waals surface area (Å²) in [6.45, 7) is 11.0. The van der Waals surface area contributed by atoms with Gasteiger partial charge in [-0.3, -0.25) is 4.99 Å². The summed E-state index contributed by atoms with van der Waals surface area (Å²) in [6.07, 6.45) is 4.05. The van der Waals surface area contributed by atoms with E-state index in [0.717, 1.165) is 29.2 Å². The number of anilines is 3. The molecule has 1 saturated heterocycles. The largest absolute Gasteiger partial charge is 0.497 e. The number of nitrogens with one attached hydrogen (secondary N) is 1. The van der Waals surface area contributed by atoms with E-state index in [2.05, 4.69) is 39.2 Å². The summed E-state index contributed by atoms with van der Waals surface area (Å²) in [6, 6.07) is 13.1. The molecular weight excluding hydrogens is 454 g/mol. The highest BCUT2D eigenvalue weighted by atomic mass is 16.5. The first kappa shape index (κ1) is 26.7. The summed E-state index contributed by atoms with van der Waals surface area (Å²) in [5.41, 5.74) is 4.23. The Kier molecular flexibility index (Phi) is 9.00. The molecule has 0 radical (unpaired) electrons. The Labute approximate surface area is 213 Å². The maximum atomic E-state index is 11.2. The van der Waals surface area contributed by atoms with Gasteiger partial charge in [-0.1, -0.05) is 26.0 Å². The molecule has 0 aliphatic carbocycles. The van der Waals surface area contributed by atoms with Crippen molar-refractivity contribution in [3.8, 4) is 17.1 Å². The van der Waals surface area contributed by atoms with Gasteiger partial charge in [0, 0.05) is 47.9 Å². The van der Waals surface area contributed by atoms with Gasteiger partial charge in [0.15, 0.2) is 11.6 Å². The van der Waals surface area contributed by atoms with Crippen LogP contribution < -0.4 is 15.0 Å². The van der Waals surface area contributed by atoms with Gasteiger partial charge in [0.25, 0.3) is 0 Å². The van der Waals surface area contributed by atoms with Crippen LogP contribution in [-0.4, -0.2) is 47.0 Å². The van der Waals surface area contributed by atoms with Crippen LogP contribution in [0.25, 0.3) is 11.4 Å². The highest BCUT2D eigenvalue weighted by Crippen LogP contribution is 2.36. The number of hydrogen-bond acceptors (Lipinski definition) is 7. The number of aryl methyl sites for hydroxylation is 1. The van der Waals surface area contributed by atoms with E-state index in [4.69, 9.17) is 9.72 Å². The van der Waals surface area contributed by atoms with E-state index < -0.39 is 5.97 Å². The Morgan fingerprint density at radius 2 is 1.92 bits per heavy atom. The molecule has 2 heterocycles. The summed E-state index contributed by atoms with van der Waals surface area (Å²) in [5.74, 6) is 0.842. The fraction of sp³-hybridized carbons (Fsp3) is 0.357. The summed E-state index contributed by atoms with van der Waals surface area (Å²) < 4.78 is 5.58. The topological polar surface area (TPSA) is 99.9 Å². The molecule has 3 aromatic rings. The highest BCUT2D eigenvalue weighted by Gasteiger charge is 2.22. The summed E-state index contributed by atoms with van der Waals surface area (Å²) in [4.78, 5) is 27.5. The molecule has 36 heavy (non-hydrogen) atoms. The molecule has 1 aliphatic heterocycles. The van der Waals surface area contributed by atoms with Crippen molar-refractivity contribution in [1.29, 1.82) is 0 Å². The zero-order valence-corrected chi connectivity index (χ0v) is 21.9. The first-order valence-electron chi connectivity index (χ1n) is 12.3. The van der Waals surface area contributed by atoms with Gasteiger partial charge >= 0.3 is 5.97 Å². The minimum Gasteiger partial charge on any atom is -0.497 e. The predicted octanol–water partition coefficient (Wildman–Crippen LogP) is 6.64. The molecule has 2 aromatic carbocycles. The lowest BCUT2D eigenvalue weighted by Gasteiger charge is -2.25. The van der Waals surface area contributed by atoms with Gasteiger partial charge in [0.2, 0.25) is 0 Å². The van der Waals surface area contributed by atoms with Gasteiger partial charge < -0.3 is 20.1 Å². The monoisotopic (exact) mass is 489 g/mol. The van der Waals surface area contributed by atoms with Crippen LogP contribution in [0.1, 0.15) is 56.6 Å². The van der Waals surface area contributed by atoms with Crippen molar-refractivity contribution in [3.63, 3.8) is 0 Å². The second kappa shape index (κ2) is 12.2. The van der Waals surface area contributed by atoms with Crippen molar-refractivity contribution >= 4 is 35.1 Å². The highest BCUT2D eigenvalue weighted by molar-refractivity contribution is 5.88. The van der Waals surface area contributed by atoms with Crippen molar-refractivity contribution < 1.29 is 14.6 Å². The number of hydrogen-bond donors (Lipinski definition) is 2. The first-order chi connectivity index (χ1) is 17.4. The van der Waals surface area contributed by atoms with Crippen LogP contribution >= 0.6 is 0 Å². The van der Waals surface area contributed by atoms with Gasteiger partial charge in [-0.25, -0.2) is 14.8 Å². The lowest BCUT2D eigenvalue weighted by molar-refractivity contribution is 0.0697. The Bertz CT molecular complexity index is 1220. The number of benzene rings is 2. The molecule has 1 aliphatic rings. The number of carbonyl (C=O) groups is 1. The summed E-state index contributed by atoms with van der Waals surface area (Å²) in [5, 5.41) is 12.6. The van der Waals surface area contributed by atoms with E-state index in [9.17, 15) is 9.90 Å². The Morgan fingerprint density at radius 3 is 2.50 bits per heavy atom. The molecule has 0 amide bonds. The predicted molar refractivity (Wildman–Crippen MR) is 147 cm³/mol. The zero-order valence-electron chi connectivity index (χ0n) is 21.9. The average Bonchev–Trinajstić information content (AvgIpc) is 3.32. The number of aromatic carboxylic acids is 1.